The van der Waals surface area contributed by atoms with Crippen LogP contribution in [-0.2, 0) is 131 Å². The van der Waals surface area contributed by atoms with Crippen LogP contribution < -0.4 is 27.0 Å². The SMILES string of the molecule is CC(=O)N1CCc2c(c(Nc3ccc(-c4ccn(C)n4)cc3)nn2CCC(N)=O)C1.CC(=O)N1CCc2c(c(Nc3ccc(-c4cnn(C)c4)cc3)nn2C)C1.CC(=O)N1CCc2c(c(Nc3ccc(-c4cnn(C)c4)cc3)nn2CC(F)(F)F)C1.CC(=O)N1CCc2c(c(Nc3ccc(-c4cnn(C)c4)cc3)nn2CCC(F)(F)F)C1. The molecule has 117 heavy (non-hydrogen) atoms. The van der Waals surface area contributed by atoms with Gasteiger partial charge in [-0.05, 0) is 71.3 Å². The van der Waals surface area contributed by atoms with Gasteiger partial charge in [0.25, 0.3) is 0 Å². The Balaban J connectivity index is 0.000000136. The maximum atomic E-state index is 13.0. The number of hydrogen-bond acceptors (Lipinski definition) is 17. The normalized spacial score (nSPS) is 13.7. The molecule has 5 amide bonds. The van der Waals surface area contributed by atoms with Gasteiger partial charge in [0.05, 0.1) is 63.4 Å². The summed E-state index contributed by atoms with van der Waals surface area (Å²) in [6.45, 7) is 9.07. The van der Waals surface area contributed by atoms with Gasteiger partial charge in [-0.15, -0.1) is 0 Å². The molecule has 0 saturated heterocycles. The number of nitrogens with two attached hydrogens (primary N) is 1. The Morgan fingerprint density at radius 2 is 0.709 bits per heavy atom. The highest BCUT2D eigenvalue weighted by Crippen LogP contribution is 2.37. The number of nitrogens with one attached hydrogen (secondary N) is 4. The number of anilines is 8. The van der Waals surface area contributed by atoms with Crippen molar-refractivity contribution in [3.63, 3.8) is 0 Å². The summed E-state index contributed by atoms with van der Waals surface area (Å²) in [6, 6.07) is 33.3. The summed E-state index contributed by atoms with van der Waals surface area (Å²) in [5, 5.41) is 48.0. The number of rotatable bonds is 18. The average Bonchev–Trinajstić information content (AvgIpc) is 1.64. The van der Waals surface area contributed by atoms with Crippen LogP contribution in [0.25, 0.3) is 44.6 Å². The molecule has 4 aromatic carbocycles. The summed E-state index contributed by atoms with van der Waals surface area (Å²) in [4.78, 5) is 65.4. The number of aromatic nitrogens is 16. The quantitative estimate of drug-likeness (QED) is 0.0498. The topological polar surface area (TPSA) is 315 Å². The standard InChI is InChI=1S/C21H23F3N6O.C21H25N7O2.C20H21F3N6O.C19H22N6O/c1-14(31)29-9-7-19-18(13-29)20(27-30(19)10-8-21(22,23)24)26-17-5-3-15(4-6-17)16-11-25-28(2)12-16;1-14(29)27-11-8-19-17(13-27)21(25-28(19)12-9-20(22)30)23-16-5-3-15(4-6-16)18-7-10-26(2)24-18;1-13(30)28-8-7-18-17(11-28)19(26-29(18)12-20(21,22)23)25-16-5-3-14(4-6-16)15-9-24-27(2)10-15;1-13(26)25-9-8-18-17(12-25)19(22-24(18)3)21-16-6-4-14(5-7-16)15-10-20-23(2)11-15/h3-6,11-12H,7-10,13H2,1-2H3,(H,26,27);3-7,10H,8-9,11-13H2,1-2H3,(H2,22,30)(H,23,25);3-6,9-10H,7-8,11-12H2,1-2H3,(H,25,26);4-7,10-11H,8-9,12H2,1-3H3,(H,21,22). The van der Waals surface area contributed by atoms with Crippen LogP contribution in [0.15, 0.2) is 147 Å². The lowest BCUT2D eigenvalue weighted by Gasteiger charge is -2.27. The van der Waals surface area contributed by atoms with Crippen molar-refractivity contribution < 1.29 is 50.3 Å². The molecule has 16 rings (SSSR count). The van der Waals surface area contributed by atoms with Gasteiger partial charge in [0.15, 0.2) is 23.3 Å². The van der Waals surface area contributed by atoms with Gasteiger partial charge in [-0.2, -0.15) is 67.1 Å². The first kappa shape index (κ1) is 81.7. The molecule has 0 saturated carbocycles. The predicted molar refractivity (Wildman–Crippen MR) is 427 cm³/mol. The summed E-state index contributed by atoms with van der Waals surface area (Å²) in [6.07, 6.45) is 6.09. The van der Waals surface area contributed by atoms with Crippen molar-refractivity contribution in [1.29, 1.82) is 0 Å². The minimum Gasteiger partial charge on any atom is -0.370 e. The van der Waals surface area contributed by atoms with Crippen molar-refractivity contribution in [3.8, 4) is 44.6 Å². The van der Waals surface area contributed by atoms with Crippen molar-refractivity contribution >= 4 is 75.6 Å². The van der Waals surface area contributed by atoms with E-state index in [1.807, 2.05) is 171 Å². The number of fused-ring (bicyclic) bond motifs is 4. The Hall–Kier alpha value is -13.3. The molecule has 4 aliphatic heterocycles. The molecule has 0 unspecified atom stereocenters. The minimum absolute atomic E-state index is 0.0381. The lowest BCUT2D eigenvalue weighted by atomic mass is 10.1. The van der Waals surface area contributed by atoms with E-state index < -0.39 is 25.3 Å². The first-order valence-corrected chi connectivity index (χ1v) is 38.0. The summed E-state index contributed by atoms with van der Waals surface area (Å²) in [5.74, 6) is 1.94. The first-order valence-electron chi connectivity index (χ1n) is 38.0. The molecule has 612 valence electrons. The number of carbonyl (C=O) groups excluding carboxylic acids is 5. The molecule has 0 spiro atoms. The highest BCUT2D eigenvalue weighted by atomic mass is 19.4. The highest BCUT2D eigenvalue weighted by molar-refractivity contribution is 5.78. The smallest absolute Gasteiger partial charge is 0.370 e. The number of amides is 5. The van der Waals surface area contributed by atoms with Crippen LogP contribution in [0, 0.1) is 0 Å². The third-order valence-corrected chi connectivity index (χ3v) is 20.6. The second-order valence-electron chi connectivity index (χ2n) is 29.2. The molecule has 36 heteroatoms. The van der Waals surface area contributed by atoms with E-state index in [9.17, 15) is 50.3 Å². The number of carbonyl (C=O) groups is 5. The Morgan fingerprint density at radius 1 is 0.385 bits per heavy atom. The van der Waals surface area contributed by atoms with Gasteiger partial charge in [-0.25, -0.2) is 0 Å². The second kappa shape index (κ2) is 34.8. The van der Waals surface area contributed by atoms with Crippen molar-refractivity contribution in [2.75, 3.05) is 47.4 Å². The van der Waals surface area contributed by atoms with Gasteiger partial charge in [-0.3, -0.25) is 61.4 Å². The van der Waals surface area contributed by atoms with Crippen LogP contribution in [0.2, 0.25) is 0 Å². The number of benzene rings is 4. The molecule has 0 bridgehead atoms. The number of halogens is 6. The Kier molecular flexibility index (Phi) is 24.3. The lowest BCUT2D eigenvalue weighted by molar-refractivity contribution is -0.143. The van der Waals surface area contributed by atoms with Gasteiger partial charge < -0.3 is 46.6 Å². The first-order chi connectivity index (χ1) is 55.8. The van der Waals surface area contributed by atoms with Crippen molar-refractivity contribution in [3.05, 3.63) is 192 Å². The molecule has 0 aliphatic carbocycles. The van der Waals surface area contributed by atoms with Crippen LogP contribution >= 0.6 is 0 Å². The van der Waals surface area contributed by atoms with Gasteiger partial charge in [0, 0.05) is 243 Å². The second-order valence-corrected chi connectivity index (χ2v) is 29.2. The number of nitrogens with zero attached hydrogens (tertiary/aromatic N) is 20. The Labute approximate surface area is 669 Å². The van der Waals surface area contributed by atoms with E-state index in [4.69, 9.17) is 5.73 Å². The number of primary amides is 1. The van der Waals surface area contributed by atoms with Crippen LogP contribution in [0.4, 0.5) is 72.4 Å². The molecule has 8 aromatic heterocycles. The molecule has 30 nitrogen and oxygen atoms in total. The number of alkyl halides is 6. The molecule has 12 heterocycles. The summed E-state index contributed by atoms with van der Waals surface area (Å²) < 4.78 is 90.5. The van der Waals surface area contributed by atoms with Gasteiger partial charge in [0.2, 0.25) is 29.5 Å². The average molecular weight is 1610 g/mol. The fraction of sp³-hybridized carbons (Fsp3) is 0.346. The molecule has 0 fully saturated rings. The lowest BCUT2D eigenvalue weighted by Crippen LogP contribution is -2.35. The molecule has 6 N–H and O–H groups in total. The predicted octanol–water partition coefficient (Wildman–Crippen LogP) is 11.7. The van der Waals surface area contributed by atoms with Crippen LogP contribution in [0.5, 0.6) is 0 Å². The summed E-state index contributed by atoms with van der Waals surface area (Å²) >= 11 is 0. The van der Waals surface area contributed by atoms with Gasteiger partial charge in [-0.1, -0.05) is 48.5 Å². The highest BCUT2D eigenvalue weighted by Gasteiger charge is 2.36. The zero-order valence-electron chi connectivity index (χ0n) is 66.2. The Bertz CT molecular complexity index is 5550. The maximum absolute atomic E-state index is 13.0. The third-order valence-electron chi connectivity index (χ3n) is 20.6. The third kappa shape index (κ3) is 20.3. The van der Waals surface area contributed by atoms with Crippen LogP contribution in [0.3, 0.4) is 0 Å². The number of aryl methyl sites for hydroxylation is 7. The van der Waals surface area contributed by atoms with Crippen molar-refractivity contribution in [1.82, 2.24) is 97.8 Å². The molecular formula is C81H91F6N25O5. The molecule has 0 radical (unpaired) electrons. The summed E-state index contributed by atoms with van der Waals surface area (Å²) in [5.41, 5.74) is 23.7. The van der Waals surface area contributed by atoms with Crippen LogP contribution in [-0.4, -0.2) is 166 Å². The molecular weight excluding hydrogens is 1520 g/mol. The van der Waals surface area contributed by atoms with E-state index in [1.54, 1.807) is 59.7 Å². The Morgan fingerprint density at radius 3 is 1.03 bits per heavy atom. The zero-order chi connectivity index (χ0) is 83.1. The monoisotopic (exact) mass is 1610 g/mol. The van der Waals surface area contributed by atoms with E-state index in [2.05, 4.69) is 74.2 Å². The van der Waals surface area contributed by atoms with E-state index in [-0.39, 0.29) is 49.0 Å². The van der Waals surface area contributed by atoms with Gasteiger partial charge >= 0.3 is 12.4 Å². The van der Waals surface area contributed by atoms with E-state index in [1.165, 1.54) is 24.2 Å². The number of hydrogen-bond donors (Lipinski definition) is 5. The molecule has 12 aromatic rings. The fourth-order valence-electron chi connectivity index (χ4n) is 14.4. The van der Waals surface area contributed by atoms with Crippen LogP contribution in [0.1, 0.15) is 85.6 Å². The zero-order valence-corrected chi connectivity index (χ0v) is 66.2. The summed E-state index contributed by atoms with van der Waals surface area (Å²) in [7, 11) is 9.45. The van der Waals surface area contributed by atoms with Crippen molar-refractivity contribution in [2.45, 2.75) is 124 Å². The molecule has 0 atom stereocenters. The fourth-order valence-corrected chi connectivity index (χ4v) is 14.4. The largest absolute Gasteiger partial charge is 0.408 e. The maximum Gasteiger partial charge on any atom is 0.408 e. The minimum atomic E-state index is -4.37. The van der Waals surface area contributed by atoms with Gasteiger partial charge in [0.1, 0.15) is 6.54 Å². The van der Waals surface area contributed by atoms with Crippen molar-refractivity contribution in [2.24, 2.45) is 41.0 Å². The van der Waals surface area contributed by atoms with E-state index in [0.717, 1.165) is 113 Å². The molecule has 4 aliphatic rings. The van der Waals surface area contributed by atoms with E-state index in [0.29, 0.717) is 99.5 Å². The van der Waals surface area contributed by atoms with E-state index >= 15 is 0 Å².